The minimum Gasteiger partial charge on any atom is -0.227 e. The van der Waals surface area contributed by atoms with E-state index < -0.39 is 121 Å². The highest BCUT2D eigenvalue weighted by Crippen LogP contribution is 2.34. The van der Waals surface area contributed by atoms with E-state index in [0.717, 1.165) is 12.1 Å². The number of allylic oxidation sites excluding steroid dienone is 1. The third kappa shape index (κ3) is 5.70. The summed E-state index contributed by atoms with van der Waals surface area (Å²) in [7, 11) is 0. The molecule has 0 atom stereocenters. The molecule has 1 heterocycles. The number of halogens is 15. The first-order chi connectivity index (χ1) is 23.7. The van der Waals surface area contributed by atoms with Gasteiger partial charge in [-0.3, -0.25) is 0 Å². The van der Waals surface area contributed by atoms with Gasteiger partial charge in [-0.25, -0.2) is 76.4 Å². The molecule has 0 radical (unpaired) electrons. The van der Waals surface area contributed by atoms with E-state index in [1.54, 1.807) is 25.3 Å². The van der Waals surface area contributed by atoms with Crippen molar-refractivity contribution in [3.8, 4) is 0 Å². The van der Waals surface area contributed by atoms with Crippen LogP contribution >= 0.6 is 0 Å². The van der Waals surface area contributed by atoms with Crippen LogP contribution in [0, 0.1) is 87.3 Å². The molecule has 0 saturated heterocycles. The highest BCUT2D eigenvalue weighted by molar-refractivity contribution is 7.15. The molecule has 0 bridgehead atoms. The van der Waals surface area contributed by atoms with E-state index in [1.807, 2.05) is 0 Å². The molecule has 0 N–H and O–H groups in total. The van der Waals surface area contributed by atoms with Crippen LogP contribution in [0.5, 0.6) is 0 Å². The van der Waals surface area contributed by atoms with Crippen LogP contribution in [0.2, 0.25) is 0 Å². The molecular weight excluding hydrogens is 718 g/mol. The summed E-state index contributed by atoms with van der Waals surface area (Å²) in [6.07, 6.45) is -3.31. The van der Waals surface area contributed by atoms with Gasteiger partial charge in [0.15, 0.2) is 70.7 Å². The summed E-state index contributed by atoms with van der Waals surface area (Å²) >= 11 is 0. The molecule has 17 heteroatoms. The van der Waals surface area contributed by atoms with Gasteiger partial charge in [-0.1, -0.05) is 30.3 Å². The maximum Gasteiger partial charge on any atom is 0.200 e. The van der Waals surface area contributed by atoms with Gasteiger partial charge in [0, 0.05) is 11.6 Å². The maximum atomic E-state index is 16.0. The van der Waals surface area contributed by atoms with Crippen LogP contribution in [0.1, 0.15) is 26.3 Å². The molecule has 1 aliphatic heterocycles. The first kappa shape index (κ1) is 37.3. The Kier molecular flexibility index (Phi) is 9.50. The van der Waals surface area contributed by atoms with E-state index >= 15 is 52.7 Å². The lowest BCUT2D eigenvalue weighted by Crippen LogP contribution is -2.72. The molecule has 0 aromatic heterocycles. The number of benzene rings is 4. The third-order valence-corrected chi connectivity index (χ3v) is 8.60. The summed E-state index contributed by atoms with van der Waals surface area (Å²) < 4.78 is 231. The topological polar surface area (TPSA) is 3.01 Å². The molecule has 4 aromatic rings. The summed E-state index contributed by atoms with van der Waals surface area (Å²) in [5.41, 5.74) is -9.89. The van der Waals surface area contributed by atoms with Crippen molar-refractivity contribution < 1.29 is 70.4 Å². The van der Waals surface area contributed by atoms with Gasteiger partial charge in [0.25, 0.3) is 0 Å². The first-order valence-corrected chi connectivity index (χ1v) is 14.5. The number of hydrogen-bond donors (Lipinski definition) is 0. The van der Waals surface area contributed by atoms with Gasteiger partial charge in [0.2, 0.25) is 0 Å². The second-order valence-corrected chi connectivity index (χ2v) is 12.5. The normalized spacial score (nSPS) is 14.0. The summed E-state index contributed by atoms with van der Waals surface area (Å²) in [6, 6.07) is 6.17. The molecule has 51 heavy (non-hydrogen) atoms. The monoisotopic (exact) mass is 737 g/mol. The van der Waals surface area contributed by atoms with E-state index in [1.165, 1.54) is 30.5 Å². The van der Waals surface area contributed by atoms with Crippen molar-refractivity contribution in [1.29, 1.82) is 0 Å². The quantitative estimate of drug-likeness (QED) is 0.0629. The summed E-state index contributed by atoms with van der Waals surface area (Å²) in [5, 5.41) is 0. The summed E-state index contributed by atoms with van der Waals surface area (Å²) in [5.74, 6) is -45.7. The Morgan fingerprint density at radius 2 is 0.824 bits per heavy atom. The zero-order chi connectivity index (χ0) is 38.1. The lowest BCUT2D eigenvalue weighted by Gasteiger charge is -2.42. The molecule has 1 nitrogen and oxygen atoms in total. The third-order valence-electron chi connectivity index (χ3n) is 8.60. The molecule has 0 unspecified atom stereocenters. The molecule has 1 aliphatic rings. The summed E-state index contributed by atoms with van der Waals surface area (Å²) in [6.45, 7) is 4.69. The van der Waals surface area contributed by atoms with Gasteiger partial charge in [0.1, 0.15) is 41.0 Å². The fraction of sp³-hybridized carbons (Fsp3) is 0.147. The van der Waals surface area contributed by atoms with Crippen molar-refractivity contribution in [2.24, 2.45) is 0 Å². The Hall–Kier alpha value is -4.96. The van der Waals surface area contributed by atoms with Gasteiger partial charge in [-0.15, -0.1) is 16.4 Å². The van der Waals surface area contributed by atoms with E-state index in [4.69, 9.17) is 0 Å². The minimum absolute atomic E-state index is 0.00397. The van der Waals surface area contributed by atoms with Gasteiger partial charge in [-0.2, -0.15) is 0 Å². The number of hydrogen-bond acceptors (Lipinski definition) is 0. The molecular formula is C34H19BF15N. The molecule has 0 spiro atoms. The number of rotatable bonds is 6. The Bertz CT molecular complexity index is 1960. The van der Waals surface area contributed by atoms with Crippen LogP contribution in [-0.4, -0.2) is 29.0 Å². The van der Waals surface area contributed by atoms with E-state index in [9.17, 15) is 13.2 Å². The zero-order valence-corrected chi connectivity index (χ0v) is 26.0. The van der Waals surface area contributed by atoms with Crippen molar-refractivity contribution >= 4 is 34.3 Å². The molecule has 0 amide bonds. The Balaban J connectivity index is 2.20. The highest BCUT2D eigenvalue weighted by atomic mass is 19.2. The Labute approximate surface area is 278 Å². The second-order valence-electron chi connectivity index (χ2n) is 12.5. The maximum absolute atomic E-state index is 16.0. The van der Waals surface area contributed by atoms with Crippen molar-refractivity contribution in [1.82, 2.24) is 0 Å². The molecule has 268 valence electrons. The molecule has 0 saturated carbocycles. The van der Waals surface area contributed by atoms with E-state index in [-0.39, 0.29) is 23.7 Å². The van der Waals surface area contributed by atoms with Crippen LogP contribution in [-0.2, 0) is 0 Å². The molecule has 0 fully saturated rings. The standard InChI is InChI=1S/C34H19BF15N/c1-34(2,3)51-10-9-14(12-51)15(13-7-5-4-6-8-13)11-35(16-19(36)25(42)31(48)26(43)20(16)37,17-21(38)27(44)32(49)28(45)22(17)39)18-23(40)29(46)33(50)30(47)24(18)41/h4-11H,12H2,1-3H3/b15-11+. The second kappa shape index (κ2) is 13.0. The Morgan fingerprint density at radius 3 is 1.12 bits per heavy atom. The molecule has 4 aromatic carbocycles. The smallest absolute Gasteiger partial charge is 0.200 e. The average Bonchev–Trinajstić information content (AvgIpc) is 3.60. The zero-order valence-electron chi connectivity index (χ0n) is 26.0. The largest absolute Gasteiger partial charge is 0.227 e. The fourth-order valence-corrected chi connectivity index (χ4v) is 6.11. The highest BCUT2D eigenvalue weighted by Gasteiger charge is 2.47. The SMILES string of the molecule is CC(C)(C)[N+]1=CC=C(/C(=C/[B-](c2c(F)c(F)c(F)c(F)c2F)(c2c(F)c(F)c(F)c(F)c2F)c2c(F)c(F)c(F)c(F)c2F)c2ccccc2)C1. The van der Waals surface area contributed by atoms with Gasteiger partial charge in [0.05, 0.1) is 0 Å². The van der Waals surface area contributed by atoms with Crippen molar-refractivity contribution in [3.05, 3.63) is 141 Å². The predicted octanol–water partition coefficient (Wildman–Crippen LogP) is 7.69. The first-order valence-electron chi connectivity index (χ1n) is 14.5. The van der Waals surface area contributed by atoms with Crippen molar-refractivity contribution in [2.75, 3.05) is 6.54 Å². The minimum atomic E-state index is -5.89. The molecule has 5 rings (SSSR count). The fourth-order valence-electron chi connectivity index (χ4n) is 6.11. The lowest BCUT2D eigenvalue weighted by molar-refractivity contribution is -0.582. The van der Waals surface area contributed by atoms with Crippen LogP contribution in [0.25, 0.3) is 5.57 Å². The van der Waals surface area contributed by atoms with Crippen LogP contribution in [0.4, 0.5) is 65.9 Å². The van der Waals surface area contributed by atoms with Crippen LogP contribution in [0.15, 0.2) is 48.0 Å². The predicted molar refractivity (Wildman–Crippen MR) is 157 cm³/mol. The van der Waals surface area contributed by atoms with Crippen LogP contribution < -0.4 is 16.4 Å². The lowest BCUT2D eigenvalue weighted by atomic mass is 9.14. The average molecular weight is 737 g/mol. The van der Waals surface area contributed by atoms with Crippen LogP contribution in [0.3, 0.4) is 0 Å². The summed E-state index contributed by atoms with van der Waals surface area (Å²) in [4.78, 5) is 0. The van der Waals surface area contributed by atoms with Gasteiger partial charge in [-0.05, 0) is 31.9 Å². The van der Waals surface area contributed by atoms with Gasteiger partial charge < -0.3 is 0 Å². The van der Waals surface area contributed by atoms with E-state index in [0.29, 0.717) is 0 Å². The van der Waals surface area contributed by atoms with Gasteiger partial charge >= 0.3 is 0 Å². The Morgan fingerprint density at radius 1 is 0.510 bits per heavy atom. The molecule has 0 aliphatic carbocycles. The van der Waals surface area contributed by atoms with E-state index in [2.05, 4.69) is 0 Å². The van der Waals surface area contributed by atoms with Crippen molar-refractivity contribution in [2.45, 2.75) is 26.3 Å². The number of nitrogens with zero attached hydrogens (tertiary/aromatic N) is 1. The van der Waals surface area contributed by atoms with Crippen molar-refractivity contribution in [3.63, 3.8) is 0 Å².